The monoisotopic (exact) mass is 284 g/mol. The van der Waals surface area contributed by atoms with Crippen LogP contribution in [-0.2, 0) is 16.4 Å². The summed E-state index contributed by atoms with van der Waals surface area (Å²) in [5.41, 5.74) is 1.81. The van der Waals surface area contributed by atoms with Crippen molar-refractivity contribution in [2.75, 3.05) is 11.3 Å². The van der Waals surface area contributed by atoms with Crippen molar-refractivity contribution in [3.05, 3.63) is 29.8 Å². The summed E-state index contributed by atoms with van der Waals surface area (Å²) in [5, 5.41) is 2.66. The minimum atomic E-state index is -3.34. The Balaban J connectivity index is 2.67. The molecule has 1 aromatic carbocycles. The highest BCUT2D eigenvalue weighted by Crippen LogP contribution is 2.13. The van der Waals surface area contributed by atoms with Gasteiger partial charge in [0.1, 0.15) is 0 Å². The molecule has 0 heterocycles. The van der Waals surface area contributed by atoms with Crippen LogP contribution in [-0.4, -0.2) is 26.3 Å². The number of hydrogen-bond donors (Lipinski definition) is 2. The summed E-state index contributed by atoms with van der Waals surface area (Å²) >= 11 is 0. The van der Waals surface area contributed by atoms with E-state index in [1.165, 1.54) is 5.56 Å². The van der Waals surface area contributed by atoms with Crippen molar-refractivity contribution in [1.82, 2.24) is 5.32 Å². The lowest BCUT2D eigenvalue weighted by molar-refractivity contribution is 0.553. The van der Waals surface area contributed by atoms with Crippen LogP contribution in [0.1, 0.15) is 33.3 Å². The van der Waals surface area contributed by atoms with Gasteiger partial charge in [-0.25, -0.2) is 8.42 Å². The van der Waals surface area contributed by atoms with Gasteiger partial charge in [0.2, 0.25) is 10.0 Å². The van der Waals surface area contributed by atoms with E-state index in [1.54, 1.807) is 19.1 Å². The third-order valence-electron chi connectivity index (χ3n) is 2.97. The second-order valence-electron chi connectivity index (χ2n) is 5.07. The molecule has 0 spiro atoms. The van der Waals surface area contributed by atoms with Crippen molar-refractivity contribution < 1.29 is 8.42 Å². The third kappa shape index (κ3) is 5.20. The molecule has 0 aliphatic heterocycles. The highest BCUT2D eigenvalue weighted by atomic mass is 32.2. The zero-order valence-electron chi connectivity index (χ0n) is 12.1. The Bertz CT molecular complexity index is 481. The topological polar surface area (TPSA) is 58.2 Å². The van der Waals surface area contributed by atoms with Gasteiger partial charge >= 0.3 is 0 Å². The number of anilines is 1. The minimum absolute atomic E-state index is 0.279. The second kappa shape index (κ2) is 6.91. The van der Waals surface area contributed by atoms with Crippen molar-refractivity contribution in [3.8, 4) is 0 Å². The first kappa shape index (κ1) is 16.0. The highest BCUT2D eigenvalue weighted by molar-refractivity contribution is 7.93. The Hall–Kier alpha value is -1.07. The lowest BCUT2D eigenvalue weighted by atomic mass is 10.2. The van der Waals surface area contributed by atoms with E-state index in [2.05, 4.69) is 17.0 Å². The fraction of sp³-hybridized carbons (Fsp3) is 0.571. The molecule has 4 nitrogen and oxygen atoms in total. The van der Waals surface area contributed by atoms with Gasteiger partial charge in [0.15, 0.2) is 0 Å². The molecule has 0 aliphatic carbocycles. The van der Waals surface area contributed by atoms with E-state index in [9.17, 15) is 8.42 Å². The normalized spacial score (nSPS) is 13.5. The van der Waals surface area contributed by atoms with Crippen LogP contribution in [0.15, 0.2) is 24.3 Å². The summed E-state index contributed by atoms with van der Waals surface area (Å²) < 4.78 is 26.9. The van der Waals surface area contributed by atoms with Crippen LogP contribution in [0.3, 0.4) is 0 Å². The van der Waals surface area contributed by atoms with Crippen LogP contribution in [0, 0.1) is 0 Å². The number of nitrogens with one attached hydrogen (secondary N) is 2. The number of sulfonamides is 1. The molecular weight excluding hydrogens is 260 g/mol. The van der Waals surface area contributed by atoms with E-state index in [0.717, 1.165) is 6.42 Å². The molecule has 0 fully saturated rings. The Morgan fingerprint density at radius 1 is 1.11 bits per heavy atom. The summed E-state index contributed by atoms with van der Waals surface area (Å²) in [6, 6.07) is 7.77. The maximum Gasteiger partial charge on any atom is 0.236 e. The molecule has 0 aliphatic rings. The number of rotatable bonds is 7. The van der Waals surface area contributed by atoms with Crippen molar-refractivity contribution in [2.24, 2.45) is 0 Å². The summed E-state index contributed by atoms with van der Waals surface area (Å²) in [5.74, 6) is 0. The van der Waals surface area contributed by atoms with Gasteiger partial charge in [-0.2, -0.15) is 0 Å². The Morgan fingerprint density at radius 2 is 1.68 bits per heavy atom. The van der Waals surface area contributed by atoms with E-state index in [-0.39, 0.29) is 6.04 Å². The molecule has 1 rings (SSSR count). The maximum atomic E-state index is 12.1. The maximum absolute atomic E-state index is 12.1. The fourth-order valence-corrected chi connectivity index (χ4v) is 2.57. The molecule has 1 aromatic rings. The largest absolute Gasteiger partial charge is 0.313 e. The van der Waals surface area contributed by atoms with E-state index >= 15 is 0 Å². The van der Waals surface area contributed by atoms with Crippen LogP contribution in [0.4, 0.5) is 5.69 Å². The lowest BCUT2D eigenvalue weighted by Crippen LogP contribution is -2.37. The summed E-state index contributed by atoms with van der Waals surface area (Å²) in [4.78, 5) is 0. The van der Waals surface area contributed by atoms with Gasteiger partial charge < -0.3 is 5.32 Å². The molecule has 2 N–H and O–H groups in total. The molecule has 0 bridgehead atoms. The van der Waals surface area contributed by atoms with Crippen LogP contribution >= 0.6 is 0 Å². The zero-order chi connectivity index (χ0) is 14.5. The second-order valence-corrected chi connectivity index (χ2v) is 7.17. The molecule has 19 heavy (non-hydrogen) atoms. The molecule has 0 amide bonds. The van der Waals surface area contributed by atoms with Gasteiger partial charge in [0, 0.05) is 18.3 Å². The quantitative estimate of drug-likeness (QED) is 0.808. The smallest absolute Gasteiger partial charge is 0.236 e. The molecule has 5 heteroatoms. The molecule has 1 atom stereocenters. The van der Waals surface area contributed by atoms with Gasteiger partial charge in [-0.05, 0) is 31.0 Å². The van der Waals surface area contributed by atoms with Gasteiger partial charge in [0.25, 0.3) is 0 Å². The predicted molar refractivity (Wildman–Crippen MR) is 81.0 cm³/mol. The molecular formula is C14H24N2O2S. The van der Waals surface area contributed by atoms with Gasteiger partial charge in [0.05, 0.1) is 5.25 Å². The average molecular weight is 284 g/mol. The fourth-order valence-electron chi connectivity index (χ4n) is 1.58. The zero-order valence-corrected chi connectivity index (χ0v) is 12.9. The summed E-state index contributed by atoms with van der Waals surface area (Å²) in [7, 11) is -3.34. The third-order valence-corrected chi connectivity index (χ3v) is 4.71. The van der Waals surface area contributed by atoms with Gasteiger partial charge in [-0.3, -0.25) is 4.72 Å². The molecule has 0 saturated heterocycles. The van der Waals surface area contributed by atoms with Crippen LogP contribution < -0.4 is 10.0 Å². The van der Waals surface area contributed by atoms with Gasteiger partial charge in [-0.15, -0.1) is 0 Å². The Morgan fingerprint density at radius 3 is 2.16 bits per heavy atom. The van der Waals surface area contributed by atoms with Crippen LogP contribution in [0.25, 0.3) is 0 Å². The molecule has 0 aromatic heterocycles. The number of hydrogen-bond acceptors (Lipinski definition) is 3. The minimum Gasteiger partial charge on any atom is -0.313 e. The van der Waals surface area contributed by atoms with Gasteiger partial charge in [-0.1, -0.05) is 32.9 Å². The Labute approximate surface area is 116 Å². The SMILES string of the molecule is CCc1ccc(NS(=O)(=O)C(C)CNC(C)C)cc1. The van der Waals surface area contributed by atoms with E-state index in [1.807, 2.05) is 26.0 Å². The average Bonchev–Trinajstić information content (AvgIpc) is 2.36. The van der Waals surface area contributed by atoms with Crippen molar-refractivity contribution in [2.45, 2.75) is 45.4 Å². The molecule has 108 valence electrons. The first-order chi connectivity index (χ1) is 8.85. The predicted octanol–water partition coefficient (Wildman–Crippen LogP) is 2.38. The van der Waals surface area contributed by atoms with E-state index in [4.69, 9.17) is 0 Å². The van der Waals surface area contributed by atoms with E-state index in [0.29, 0.717) is 12.2 Å². The van der Waals surface area contributed by atoms with Crippen LogP contribution in [0.5, 0.6) is 0 Å². The van der Waals surface area contributed by atoms with Crippen molar-refractivity contribution in [1.29, 1.82) is 0 Å². The number of benzene rings is 1. The Kier molecular flexibility index (Phi) is 5.82. The lowest BCUT2D eigenvalue weighted by Gasteiger charge is -2.17. The first-order valence-corrected chi connectivity index (χ1v) is 8.23. The summed E-state index contributed by atoms with van der Waals surface area (Å²) in [6.45, 7) is 8.21. The van der Waals surface area contributed by atoms with E-state index < -0.39 is 15.3 Å². The van der Waals surface area contributed by atoms with Crippen molar-refractivity contribution >= 4 is 15.7 Å². The molecule has 0 radical (unpaired) electrons. The first-order valence-electron chi connectivity index (χ1n) is 6.69. The standard InChI is InChI=1S/C14H24N2O2S/c1-5-13-6-8-14(9-7-13)16-19(17,18)12(4)10-15-11(2)3/h6-9,11-12,15-16H,5,10H2,1-4H3. The molecule has 0 saturated carbocycles. The molecule has 1 unspecified atom stereocenters. The van der Waals surface area contributed by atoms with Crippen molar-refractivity contribution in [3.63, 3.8) is 0 Å². The van der Waals surface area contributed by atoms with Crippen LogP contribution in [0.2, 0.25) is 0 Å². The highest BCUT2D eigenvalue weighted by Gasteiger charge is 2.20. The number of aryl methyl sites for hydroxylation is 1. The summed E-state index contributed by atoms with van der Waals surface area (Å²) in [6.07, 6.45) is 0.946.